The van der Waals surface area contributed by atoms with Crippen molar-refractivity contribution in [2.24, 2.45) is 0 Å². The van der Waals surface area contributed by atoms with Crippen LogP contribution in [0.15, 0.2) is 30.5 Å². The van der Waals surface area contributed by atoms with Gasteiger partial charge in [-0.05, 0) is 12.1 Å². The molecule has 1 aliphatic heterocycles. The van der Waals surface area contributed by atoms with Gasteiger partial charge in [-0.2, -0.15) is 0 Å². The largest absolute Gasteiger partial charge is 0.506 e. The molecule has 1 aromatic heterocycles. The van der Waals surface area contributed by atoms with E-state index in [1.54, 1.807) is 23.0 Å². The fourth-order valence-corrected chi connectivity index (χ4v) is 2.31. The van der Waals surface area contributed by atoms with Crippen LogP contribution in [0.1, 0.15) is 5.69 Å². The zero-order valence-corrected chi connectivity index (χ0v) is 10.7. The number of phenols is 1. The van der Waals surface area contributed by atoms with Crippen molar-refractivity contribution in [2.75, 3.05) is 26.2 Å². The lowest BCUT2D eigenvalue weighted by atomic mass is 10.2. The van der Waals surface area contributed by atoms with Crippen LogP contribution in [0.2, 0.25) is 0 Å². The van der Waals surface area contributed by atoms with Gasteiger partial charge in [0.1, 0.15) is 11.4 Å². The first kappa shape index (κ1) is 12.1. The monoisotopic (exact) mass is 259 g/mol. The number of nitrogens with one attached hydrogen (secondary N) is 1. The first-order valence-electron chi connectivity index (χ1n) is 6.45. The summed E-state index contributed by atoms with van der Waals surface area (Å²) in [7, 11) is 0. The van der Waals surface area contributed by atoms with E-state index in [0.717, 1.165) is 38.4 Å². The third kappa shape index (κ3) is 2.59. The summed E-state index contributed by atoms with van der Waals surface area (Å²) in [6, 6.07) is 7.17. The van der Waals surface area contributed by atoms with Gasteiger partial charge in [0, 0.05) is 32.7 Å². The molecule has 0 aliphatic carbocycles. The Bertz CT molecular complexity index is 547. The molecule has 0 radical (unpaired) electrons. The Morgan fingerprint density at radius 3 is 2.79 bits per heavy atom. The number of benzene rings is 1. The molecule has 0 spiro atoms. The van der Waals surface area contributed by atoms with Gasteiger partial charge in [-0.1, -0.05) is 17.3 Å². The average molecular weight is 259 g/mol. The molecular weight excluding hydrogens is 242 g/mol. The van der Waals surface area contributed by atoms with Gasteiger partial charge in [0.15, 0.2) is 0 Å². The minimum absolute atomic E-state index is 0.217. The molecule has 1 fully saturated rings. The standard InChI is InChI=1S/C13H17N5O/c19-13-4-2-1-3-12(13)18-11(9-15-16-18)10-17-7-5-14-6-8-17/h1-4,9,14,19H,5-8,10H2. The number of nitrogens with zero attached hydrogens (tertiary/aromatic N) is 4. The molecule has 0 saturated carbocycles. The second-order valence-corrected chi connectivity index (χ2v) is 4.65. The van der Waals surface area contributed by atoms with Gasteiger partial charge in [-0.3, -0.25) is 4.90 Å². The van der Waals surface area contributed by atoms with Crippen molar-refractivity contribution < 1.29 is 5.11 Å². The average Bonchev–Trinajstić information content (AvgIpc) is 2.88. The van der Waals surface area contributed by atoms with E-state index in [4.69, 9.17) is 0 Å². The van der Waals surface area contributed by atoms with E-state index < -0.39 is 0 Å². The Morgan fingerprint density at radius 2 is 2.00 bits per heavy atom. The molecule has 19 heavy (non-hydrogen) atoms. The Kier molecular flexibility index (Phi) is 3.43. The van der Waals surface area contributed by atoms with Crippen molar-refractivity contribution in [2.45, 2.75) is 6.54 Å². The van der Waals surface area contributed by atoms with E-state index in [-0.39, 0.29) is 5.75 Å². The van der Waals surface area contributed by atoms with E-state index in [0.29, 0.717) is 5.69 Å². The predicted octanol–water partition coefficient (Wildman–Crippen LogP) is 0.378. The highest BCUT2D eigenvalue weighted by atomic mass is 16.3. The minimum atomic E-state index is 0.217. The van der Waals surface area contributed by atoms with Crippen LogP contribution in [0.3, 0.4) is 0 Å². The van der Waals surface area contributed by atoms with E-state index in [1.165, 1.54) is 0 Å². The van der Waals surface area contributed by atoms with Crippen molar-refractivity contribution in [3.63, 3.8) is 0 Å². The van der Waals surface area contributed by atoms with Crippen molar-refractivity contribution >= 4 is 0 Å². The van der Waals surface area contributed by atoms with Gasteiger partial charge in [0.2, 0.25) is 0 Å². The van der Waals surface area contributed by atoms with Gasteiger partial charge in [0.25, 0.3) is 0 Å². The van der Waals surface area contributed by atoms with E-state index in [1.807, 2.05) is 12.1 Å². The lowest BCUT2D eigenvalue weighted by molar-refractivity contribution is 0.229. The molecule has 0 bridgehead atoms. The Balaban J connectivity index is 1.84. The number of aromatic hydroxyl groups is 1. The maximum Gasteiger partial charge on any atom is 0.141 e. The van der Waals surface area contributed by atoms with E-state index in [9.17, 15) is 5.11 Å². The first-order valence-corrected chi connectivity index (χ1v) is 6.45. The highest BCUT2D eigenvalue weighted by Crippen LogP contribution is 2.21. The first-order chi connectivity index (χ1) is 9.34. The van der Waals surface area contributed by atoms with Gasteiger partial charge in [0.05, 0.1) is 11.9 Å². The molecule has 6 heteroatoms. The Morgan fingerprint density at radius 1 is 1.21 bits per heavy atom. The number of rotatable bonds is 3. The molecule has 0 amide bonds. The van der Waals surface area contributed by atoms with Crippen molar-refractivity contribution in [3.05, 3.63) is 36.2 Å². The minimum Gasteiger partial charge on any atom is -0.506 e. The molecule has 2 heterocycles. The normalized spacial score (nSPS) is 16.6. The van der Waals surface area contributed by atoms with Gasteiger partial charge >= 0.3 is 0 Å². The molecule has 0 atom stereocenters. The molecule has 1 aromatic carbocycles. The van der Waals surface area contributed by atoms with Crippen LogP contribution in [0.4, 0.5) is 0 Å². The van der Waals surface area contributed by atoms with Crippen molar-refractivity contribution in [1.29, 1.82) is 0 Å². The molecule has 1 saturated heterocycles. The lowest BCUT2D eigenvalue weighted by Gasteiger charge is -2.26. The van der Waals surface area contributed by atoms with Crippen LogP contribution in [0, 0.1) is 0 Å². The van der Waals surface area contributed by atoms with E-state index >= 15 is 0 Å². The molecule has 2 N–H and O–H groups in total. The molecule has 3 rings (SSSR count). The number of phenolic OH excluding ortho intramolecular Hbond substituents is 1. The Hall–Kier alpha value is -1.92. The van der Waals surface area contributed by atoms with Crippen LogP contribution in [-0.4, -0.2) is 51.2 Å². The van der Waals surface area contributed by atoms with Gasteiger partial charge in [-0.25, -0.2) is 4.68 Å². The fraction of sp³-hybridized carbons (Fsp3) is 0.385. The highest BCUT2D eigenvalue weighted by molar-refractivity contribution is 5.45. The maximum absolute atomic E-state index is 9.90. The summed E-state index contributed by atoms with van der Waals surface area (Å²) in [5, 5.41) is 21.3. The van der Waals surface area contributed by atoms with Crippen molar-refractivity contribution in [3.8, 4) is 11.4 Å². The number of piperazine rings is 1. The molecular formula is C13H17N5O. The van der Waals surface area contributed by atoms with Crippen LogP contribution >= 0.6 is 0 Å². The molecule has 100 valence electrons. The summed E-state index contributed by atoms with van der Waals surface area (Å²) in [5.74, 6) is 0.217. The summed E-state index contributed by atoms with van der Waals surface area (Å²) >= 11 is 0. The second kappa shape index (κ2) is 5.38. The molecule has 1 aliphatic rings. The smallest absolute Gasteiger partial charge is 0.141 e. The maximum atomic E-state index is 9.90. The van der Waals surface area contributed by atoms with Gasteiger partial charge in [-0.15, -0.1) is 5.10 Å². The number of hydrogen-bond donors (Lipinski definition) is 2. The number of hydrogen-bond acceptors (Lipinski definition) is 5. The SMILES string of the molecule is Oc1ccccc1-n1nncc1CN1CCNCC1. The van der Waals surface area contributed by atoms with Gasteiger partial charge < -0.3 is 10.4 Å². The fourth-order valence-electron chi connectivity index (χ4n) is 2.31. The zero-order chi connectivity index (χ0) is 13.1. The van der Waals surface area contributed by atoms with Crippen LogP contribution in [-0.2, 0) is 6.54 Å². The topological polar surface area (TPSA) is 66.2 Å². The van der Waals surface area contributed by atoms with Crippen molar-refractivity contribution in [1.82, 2.24) is 25.2 Å². The zero-order valence-electron chi connectivity index (χ0n) is 10.7. The summed E-state index contributed by atoms with van der Waals surface area (Å²) in [6.07, 6.45) is 1.76. The second-order valence-electron chi connectivity index (χ2n) is 4.65. The van der Waals surface area contributed by atoms with Crippen LogP contribution in [0.25, 0.3) is 5.69 Å². The third-order valence-corrected chi connectivity index (χ3v) is 3.33. The summed E-state index contributed by atoms with van der Waals surface area (Å²) in [5.41, 5.74) is 1.66. The molecule has 0 unspecified atom stereocenters. The molecule has 2 aromatic rings. The summed E-state index contributed by atoms with van der Waals surface area (Å²) in [6.45, 7) is 4.86. The predicted molar refractivity (Wildman–Crippen MR) is 71.2 cm³/mol. The highest BCUT2D eigenvalue weighted by Gasteiger charge is 2.15. The quantitative estimate of drug-likeness (QED) is 0.834. The summed E-state index contributed by atoms with van der Waals surface area (Å²) in [4.78, 5) is 2.35. The summed E-state index contributed by atoms with van der Waals surface area (Å²) < 4.78 is 1.71. The van der Waals surface area contributed by atoms with Crippen LogP contribution < -0.4 is 5.32 Å². The number of para-hydroxylation sites is 2. The molecule has 6 nitrogen and oxygen atoms in total. The van der Waals surface area contributed by atoms with Crippen LogP contribution in [0.5, 0.6) is 5.75 Å². The lowest BCUT2D eigenvalue weighted by Crippen LogP contribution is -2.43. The number of aromatic nitrogens is 3. The van der Waals surface area contributed by atoms with E-state index in [2.05, 4.69) is 20.5 Å². The third-order valence-electron chi connectivity index (χ3n) is 3.33. The Labute approximate surface area is 111 Å².